The zero-order chi connectivity index (χ0) is 14.5. The number of aromatic nitrogens is 1. The predicted molar refractivity (Wildman–Crippen MR) is 81.8 cm³/mol. The van der Waals surface area contributed by atoms with Gasteiger partial charge in [0.1, 0.15) is 0 Å². The number of hydrogen-bond acceptors (Lipinski definition) is 3. The zero-order valence-electron chi connectivity index (χ0n) is 11.8. The van der Waals surface area contributed by atoms with Gasteiger partial charge in [0.25, 0.3) is 5.91 Å². The number of anilines is 2. The Kier molecular flexibility index (Phi) is 4.35. The molecule has 104 valence electrons. The molecule has 2 N–H and O–H groups in total. The molecule has 4 heteroatoms. The molecule has 20 heavy (non-hydrogen) atoms. The molecule has 1 aromatic heterocycles. The minimum Gasteiger partial charge on any atom is -0.399 e. The molecule has 0 unspecified atom stereocenters. The van der Waals surface area contributed by atoms with Gasteiger partial charge < -0.3 is 10.6 Å². The molecule has 2 rings (SSSR count). The monoisotopic (exact) mass is 269 g/mol. The van der Waals surface area contributed by atoms with Gasteiger partial charge in [-0.3, -0.25) is 9.78 Å². The summed E-state index contributed by atoms with van der Waals surface area (Å²) in [6.45, 7) is 4.60. The summed E-state index contributed by atoms with van der Waals surface area (Å²) in [6.07, 6.45) is 2.55. The van der Waals surface area contributed by atoms with Gasteiger partial charge in [-0.1, -0.05) is 6.92 Å². The topological polar surface area (TPSA) is 59.2 Å². The van der Waals surface area contributed by atoms with Crippen molar-refractivity contribution in [3.8, 4) is 0 Å². The lowest BCUT2D eigenvalue weighted by molar-refractivity contribution is 0.0986. The highest BCUT2D eigenvalue weighted by Crippen LogP contribution is 2.19. The summed E-state index contributed by atoms with van der Waals surface area (Å²) in [6, 6.07) is 10.9. The van der Waals surface area contributed by atoms with Crippen molar-refractivity contribution in [3.05, 3.63) is 53.9 Å². The number of carbonyl (C=O) groups excluding carboxylic acids is 1. The van der Waals surface area contributed by atoms with E-state index in [4.69, 9.17) is 5.73 Å². The van der Waals surface area contributed by atoms with Gasteiger partial charge in [-0.25, -0.2) is 0 Å². The average Bonchev–Trinajstić information content (AvgIpc) is 2.45. The molecule has 2 aromatic rings. The number of carbonyl (C=O) groups is 1. The fourth-order valence-electron chi connectivity index (χ4n) is 2.06. The molecule has 1 amide bonds. The molecule has 0 bridgehead atoms. The van der Waals surface area contributed by atoms with E-state index in [0.717, 1.165) is 17.8 Å². The van der Waals surface area contributed by atoms with Crippen LogP contribution in [0.2, 0.25) is 0 Å². The molecular weight excluding hydrogens is 250 g/mol. The standard InChI is InChI=1S/C16H19N3O/c1-3-10-19(15-6-4-14(17)5-7-15)16(20)13-8-9-18-12(2)11-13/h4-9,11H,3,10,17H2,1-2H3. The van der Waals surface area contributed by atoms with Gasteiger partial charge in [0, 0.05) is 35.4 Å². The molecule has 1 aromatic carbocycles. The van der Waals surface area contributed by atoms with E-state index in [0.29, 0.717) is 17.8 Å². The van der Waals surface area contributed by atoms with Crippen molar-refractivity contribution in [1.82, 2.24) is 4.98 Å². The van der Waals surface area contributed by atoms with Crippen molar-refractivity contribution in [3.63, 3.8) is 0 Å². The van der Waals surface area contributed by atoms with Crippen molar-refractivity contribution in [2.24, 2.45) is 0 Å². The summed E-state index contributed by atoms with van der Waals surface area (Å²) in [5.41, 5.74) is 8.74. The number of nitrogens with two attached hydrogens (primary N) is 1. The van der Waals surface area contributed by atoms with E-state index in [-0.39, 0.29) is 5.91 Å². The van der Waals surface area contributed by atoms with E-state index >= 15 is 0 Å². The Morgan fingerprint density at radius 3 is 2.55 bits per heavy atom. The molecule has 0 spiro atoms. The average molecular weight is 269 g/mol. The number of nitrogens with zero attached hydrogens (tertiary/aromatic N) is 2. The van der Waals surface area contributed by atoms with Crippen LogP contribution in [-0.2, 0) is 0 Å². The molecule has 0 saturated carbocycles. The Balaban J connectivity index is 2.33. The number of benzene rings is 1. The molecule has 0 aliphatic heterocycles. The number of hydrogen-bond donors (Lipinski definition) is 1. The number of amides is 1. The van der Waals surface area contributed by atoms with E-state index in [1.54, 1.807) is 17.2 Å². The van der Waals surface area contributed by atoms with Crippen LogP contribution in [0.5, 0.6) is 0 Å². The Labute approximate surface area is 119 Å². The Morgan fingerprint density at radius 2 is 1.95 bits per heavy atom. The van der Waals surface area contributed by atoms with E-state index in [1.807, 2.05) is 37.3 Å². The normalized spacial score (nSPS) is 10.3. The van der Waals surface area contributed by atoms with Crippen LogP contribution in [-0.4, -0.2) is 17.4 Å². The van der Waals surface area contributed by atoms with E-state index in [2.05, 4.69) is 11.9 Å². The van der Waals surface area contributed by atoms with Crippen molar-refractivity contribution in [2.45, 2.75) is 20.3 Å². The lowest BCUT2D eigenvalue weighted by Crippen LogP contribution is -2.31. The van der Waals surface area contributed by atoms with Crippen molar-refractivity contribution < 1.29 is 4.79 Å². The van der Waals surface area contributed by atoms with Crippen LogP contribution in [0.4, 0.5) is 11.4 Å². The molecule has 0 aliphatic carbocycles. The fourth-order valence-corrected chi connectivity index (χ4v) is 2.06. The van der Waals surface area contributed by atoms with Crippen LogP contribution >= 0.6 is 0 Å². The molecule has 0 radical (unpaired) electrons. The molecular formula is C16H19N3O. The molecule has 1 heterocycles. The maximum Gasteiger partial charge on any atom is 0.258 e. The Hall–Kier alpha value is -2.36. The maximum absolute atomic E-state index is 12.6. The summed E-state index contributed by atoms with van der Waals surface area (Å²) in [5, 5.41) is 0. The number of pyridine rings is 1. The summed E-state index contributed by atoms with van der Waals surface area (Å²) < 4.78 is 0. The number of rotatable bonds is 4. The van der Waals surface area contributed by atoms with Gasteiger partial charge >= 0.3 is 0 Å². The first-order valence-corrected chi connectivity index (χ1v) is 6.72. The van der Waals surface area contributed by atoms with Crippen LogP contribution in [0, 0.1) is 6.92 Å². The quantitative estimate of drug-likeness (QED) is 0.868. The second kappa shape index (κ2) is 6.19. The van der Waals surface area contributed by atoms with Gasteiger partial charge in [0.15, 0.2) is 0 Å². The molecule has 4 nitrogen and oxygen atoms in total. The fraction of sp³-hybridized carbons (Fsp3) is 0.250. The minimum absolute atomic E-state index is 0.0119. The SMILES string of the molecule is CCCN(C(=O)c1ccnc(C)c1)c1ccc(N)cc1. The van der Waals surface area contributed by atoms with E-state index < -0.39 is 0 Å². The molecule has 0 aliphatic rings. The summed E-state index contributed by atoms with van der Waals surface area (Å²) in [4.78, 5) is 18.5. The maximum atomic E-state index is 12.6. The third-order valence-corrected chi connectivity index (χ3v) is 3.04. The highest BCUT2D eigenvalue weighted by Gasteiger charge is 2.17. The van der Waals surface area contributed by atoms with Crippen molar-refractivity contribution in [1.29, 1.82) is 0 Å². The van der Waals surface area contributed by atoms with Gasteiger partial charge in [0.2, 0.25) is 0 Å². The largest absolute Gasteiger partial charge is 0.399 e. The van der Waals surface area contributed by atoms with Crippen LogP contribution in [0.3, 0.4) is 0 Å². The van der Waals surface area contributed by atoms with Crippen molar-refractivity contribution in [2.75, 3.05) is 17.2 Å². The Bertz CT molecular complexity index is 593. The second-order valence-corrected chi connectivity index (χ2v) is 4.73. The number of nitrogen functional groups attached to an aromatic ring is 1. The third-order valence-electron chi connectivity index (χ3n) is 3.04. The summed E-state index contributed by atoms with van der Waals surface area (Å²) in [5.74, 6) is -0.0119. The Morgan fingerprint density at radius 1 is 1.25 bits per heavy atom. The zero-order valence-corrected chi connectivity index (χ0v) is 11.8. The molecule has 0 fully saturated rings. The van der Waals surface area contributed by atoms with Gasteiger partial charge in [-0.2, -0.15) is 0 Å². The van der Waals surface area contributed by atoms with E-state index in [9.17, 15) is 4.79 Å². The van der Waals surface area contributed by atoms with Crippen LogP contribution in [0.1, 0.15) is 29.4 Å². The smallest absolute Gasteiger partial charge is 0.258 e. The third kappa shape index (κ3) is 3.15. The molecule has 0 saturated heterocycles. The minimum atomic E-state index is -0.0119. The highest BCUT2D eigenvalue weighted by atomic mass is 16.2. The van der Waals surface area contributed by atoms with Gasteiger partial charge in [-0.05, 0) is 49.7 Å². The van der Waals surface area contributed by atoms with Gasteiger partial charge in [-0.15, -0.1) is 0 Å². The first-order chi connectivity index (χ1) is 9.61. The highest BCUT2D eigenvalue weighted by molar-refractivity contribution is 6.06. The first kappa shape index (κ1) is 14.1. The summed E-state index contributed by atoms with van der Waals surface area (Å²) >= 11 is 0. The van der Waals surface area contributed by atoms with E-state index in [1.165, 1.54) is 0 Å². The summed E-state index contributed by atoms with van der Waals surface area (Å²) in [7, 11) is 0. The van der Waals surface area contributed by atoms with Crippen LogP contribution in [0.25, 0.3) is 0 Å². The van der Waals surface area contributed by atoms with Crippen LogP contribution in [0.15, 0.2) is 42.6 Å². The van der Waals surface area contributed by atoms with Gasteiger partial charge in [0.05, 0.1) is 0 Å². The predicted octanol–water partition coefficient (Wildman–Crippen LogP) is 3.03. The lowest BCUT2D eigenvalue weighted by atomic mass is 10.1. The first-order valence-electron chi connectivity index (χ1n) is 6.72. The second-order valence-electron chi connectivity index (χ2n) is 4.73. The number of aryl methyl sites for hydroxylation is 1. The molecule has 0 atom stereocenters. The lowest BCUT2D eigenvalue weighted by Gasteiger charge is -2.22. The van der Waals surface area contributed by atoms with Crippen molar-refractivity contribution >= 4 is 17.3 Å². The van der Waals surface area contributed by atoms with Crippen LogP contribution < -0.4 is 10.6 Å².